The van der Waals surface area contributed by atoms with E-state index in [1.54, 1.807) is 12.1 Å². The Morgan fingerprint density at radius 1 is 1.27 bits per heavy atom. The number of carbonyl (C=O) groups excluding carboxylic acids is 1. The molecule has 0 radical (unpaired) electrons. The van der Waals surface area contributed by atoms with Crippen LogP contribution in [-0.4, -0.2) is 10.9 Å². The minimum absolute atomic E-state index is 0.271. The first-order valence-corrected chi connectivity index (χ1v) is 7.10. The number of nitrogens with one attached hydrogen (secondary N) is 1. The molecule has 1 aromatic heterocycles. The zero-order valence-electron chi connectivity index (χ0n) is 11.8. The lowest BCUT2D eigenvalue weighted by Crippen LogP contribution is -2.08. The highest BCUT2D eigenvalue weighted by molar-refractivity contribution is 6.31. The Labute approximate surface area is 132 Å². The number of carbonyl (C=O) groups is 1. The van der Waals surface area contributed by atoms with Gasteiger partial charge in [0.05, 0.1) is 0 Å². The monoisotopic (exact) mass is 312 g/mol. The number of oxazole rings is 1. The molecule has 5 heteroatoms. The molecule has 2 aromatic carbocycles. The number of hydrogen-bond acceptors (Lipinski definition) is 3. The smallest absolute Gasteiger partial charge is 0.248 e. The molecule has 22 heavy (non-hydrogen) atoms. The Hall–Kier alpha value is -2.59. The fourth-order valence-corrected chi connectivity index (χ4v) is 2.18. The third kappa shape index (κ3) is 3.18. The molecule has 0 bridgehead atoms. The Balaban J connectivity index is 1.74. The summed E-state index contributed by atoms with van der Waals surface area (Å²) in [6.45, 7) is 1.90. The fraction of sp³-hybridized carbons (Fsp3) is 0.0588. The molecular formula is C17H13ClN2O2. The van der Waals surface area contributed by atoms with E-state index in [2.05, 4.69) is 10.3 Å². The molecule has 0 unspecified atom stereocenters. The number of hydrogen-bond donors (Lipinski definition) is 1. The summed E-state index contributed by atoms with van der Waals surface area (Å²) >= 11 is 5.92. The summed E-state index contributed by atoms with van der Waals surface area (Å²) in [6.07, 6.45) is 2.92. The van der Waals surface area contributed by atoms with Crippen LogP contribution in [0.5, 0.6) is 0 Å². The third-order valence-corrected chi connectivity index (χ3v) is 3.38. The lowest BCUT2D eigenvalue weighted by atomic mass is 10.2. The normalized spacial score (nSPS) is 11.2. The van der Waals surface area contributed by atoms with E-state index in [0.29, 0.717) is 22.2 Å². The first-order valence-electron chi connectivity index (χ1n) is 6.72. The Morgan fingerprint density at radius 2 is 2.09 bits per heavy atom. The summed E-state index contributed by atoms with van der Waals surface area (Å²) in [5.41, 5.74) is 3.06. The summed E-state index contributed by atoms with van der Waals surface area (Å²) in [6, 6.07) is 12.8. The highest BCUT2D eigenvalue weighted by Crippen LogP contribution is 2.20. The molecule has 0 aliphatic carbocycles. The maximum Gasteiger partial charge on any atom is 0.248 e. The molecule has 0 saturated carbocycles. The van der Waals surface area contributed by atoms with Gasteiger partial charge in [0.25, 0.3) is 0 Å². The van der Waals surface area contributed by atoms with Crippen molar-refractivity contribution in [3.63, 3.8) is 0 Å². The Bertz CT molecular complexity index is 835. The molecule has 3 rings (SSSR count). The standard InChI is InChI=1S/C17H13ClN2O2/c1-11-6-7-12(18)10-14(11)19-16(21)8-9-17-20-13-4-2-3-5-15(13)22-17/h2-10H,1H3,(H,19,21)/b9-8+. The minimum atomic E-state index is -0.271. The van der Waals surface area contributed by atoms with Gasteiger partial charge in [0.2, 0.25) is 11.8 Å². The van der Waals surface area contributed by atoms with Gasteiger partial charge in [-0.1, -0.05) is 29.8 Å². The highest BCUT2D eigenvalue weighted by atomic mass is 35.5. The van der Waals surface area contributed by atoms with Crippen LogP contribution in [0, 0.1) is 6.92 Å². The van der Waals surface area contributed by atoms with Crippen molar-refractivity contribution in [1.82, 2.24) is 4.98 Å². The van der Waals surface area contributed by atoms with E-state index >= 15 is 0 Å². The molecule has 0 atom stereocenters. The minimum Gasteiger partial charge on any atom is -0.437 e. The van der Waals surface area contributed by atoms with Crippen LogP contribution in [0.15, 0.2) is 53.0 Å². The third-order valence-electron chi connectivity index (χ3n) is 3.15. The average Bonchev–Trinajstić information content (AvgIpc) is 2.92. The number of nitrogens with zero attached hydrogens (tertiary/aromatic N) is 1. The maximum absolute atomic E-state index is 12.0. The summed E-state index contributed by atoms with van der Waals surface area (Å²) in [5, 5.41) is 3.35. The molecule has 1 amide bonds. The van der Waals surface area contributed by atoms with Gasteiger partial charge in [0.1, 0.15) is 5.52 Å². The van der Waals surface area contributed by atoms with Gasteiger partial charge in [0.15, 0.2) is 5.58 Å². The van der Waals surface area contributed by atoms with Crippen LogP contribution >= 0.6 is 11.6 Å². The SMILES string of the molecule is Cc1ccc(Cl)cc1NC(=O)/C=C/c1nc2ccccc2o1. The number of anilines is 1. The highest BCUT2D eigenvalue weighted by Gasteiger charge is 2.04. The molecular weight excluding hydrogens is 300 g/mol. The van der Waals surface area contributed by atoms with Crippen molar-refractivity contribution in [1.29, 1.82) is 0 Å². The molecule has 1 heterocycles. The molecule has 0 spiro atoms. The van der Waals surface area contributed by atoms with Gasteiger partial charge >= 0.3 is 0 Å². The lowest BCUT2D eigenvalue weighted by molar-refractivity contribution is -0.111. The number of halogens is 1. The van der Waals surface area contributed by atoms with E-state index in [4.69, 9.17) is 16.0 Å². The molecule has 4 nitrogen and oxygen atoms in total. The number of benzene rings is 2. The topological polar surface area (TPSA) is 55.1 Å². The molecule has 0 aliphatic rings. The predicted molar refractivity (Wildman–Crippen MR) is 87.9 cm³/mol. The van der Waals surface area contributed by atoms with Crippen molar-refractivity contribution in [2.45, 2.75) is 6.92 Å². The average molecular weight is 313 g/mol. The Morgan fingerprint density at radius 3 is 2.91 bits per heavy atom. The van der Waals surface area contributed by atoms with Crippen LogP contribution in [0.2, 0.25) is 5.02 Å². The van der Waals surface area contributed by atoms with E-state index in [1.165, 1.54) is 12.2 Å². The van der Waals surface area contributed by atoms with Gasteiger partial charge in [-0.3, -0.25) is 4.79 Å². The zero-order valence-corrected chi connectivity index (χ0v) is 12.6. The molecule has 0 fully saturated rings. The summed E-state index contributed by atoms with van der Waals surface area (Å²) in [4.78, 5) is 16.2. The van der Waals surface area contributed by atoms with Crippen molar-refractivity contribution in [3.8, 4) is 0 Å². The fourth-order valence-electron chi connectivity index (χ4n) is 2.01. The number of rotatable bonds is 3. The number of fused-ring (bicyclic) bond motifs is 1. The van der Waals surface area contributed by atoms with Gasteiger partial charge in [-0.15, -0.1) is 0 Å². The molecule has 110 valence electrons. The van der Waals surface area contributed by atoms with Crippen LogP contribution < -0.4 is 5.32 Å². The van der Waals surface area contributed by atoms with E-state index < -0.39 is 0 Å². The molecule has 0 saturated heterocycles. The van der Waals surface area contributed by atoms with Gasteiger partial charge in [-0.25, -0.2) is 4.98 Å². The largest absolute Gasteiger partial charge is 0.437 e. The second-order valence-electron chi connectivity index (χ2n) is 4.80. The first-order chi connectivity index (χ1) is 10.6. The van der Waals surface area contributed by atoms with Crippen molar-refractivity contribution in [2.75, 3.05) is 5.32 Å². The quantitative estimate of drug-likeness (QED) is 0.727. The predicted octanol–water partition coefficient (Wildman–Crippen LogP) is 4.44. The number of aryl methyl sites for hydroxylation is 1. The summed E-state index contributed by atoms with van der Waals surface area (Å²) in [5.74, 6) is 0.117. The second-order valence-corrected chi connectivity index (χ2v) is 5.24. The van der Waals surface area contributed by atoms with Crippen LogP contribution in [0.3, 0.4) is 0 Å². The van der Waals surface area contributed by atoms with Gasteiger partial charge in [-0.2, -0.15) is 0 Å². The van der Waals surface area contributed by atoms with Crippen molar-refractivity contribution in [2.24, 2.45) is 0 Å². The first kappa shape index (κ1) is 14.4. The van der Waals surface area contributed by atoms with E-state index in [-0.39, 0.29) is 5.91 Å². The molecule has 1 N–H and O–H groups in total. The van der Waals surface area contributed by atoms with E-state index in [0.717, 1.165) is 11.1 Å². The maximum atomic E-state index is 12.0. The van der Waals surface area contributed by atoms with Crippen molar-refractivity contribution >= 4 is 40.4 Å². The molecule has 0 aliphatic heterocycles. The second kappa shape index (κ2) is 6.03. The van der Waals surface area contributed by atoms with E-state index in [1.807, 2.05) is 37.3 Å². The van der Waals surface area contributed by atoms with E-state index in [9.17, 15) is 4.79 Å². The van der Waals surface area contributed by atoms with Gasteiger partial charge < -0.3 is 9.73 Å². The zero-order chi connectivity index (χ0) is 15.5. The lowest BCUT2D eigenvalue weighted by Gasteiger charge is -2.06. The van der Waals surface area contributed by atoms with Gasteiger partial charge in [-0.05, 0) is 36.8 Å². The van der Waals surface area contributed by atoms with Crippen LogP contribution in [0.4, 0.5) is 5.69 Å². The number of aromatic nitrogens is 1. The van der Waals surface area contributed by atoms with Crippen molar-refractivity contribution < 1.29 is 9.21 Å². The summed E-state index contributed by atoms with van der Waals surface area (Å²) < 4.78 is 5.51. The van der Waals surface area contributed by atoms with Gasteiger partial charge in [0, 0.05) is 22.9 Å². The van der Waals surface area contributed by atoms with Crippen molar-refractivity contribution in [3.05, 3.63) is 65.0 Å². The number of para-hydroxylation sites is 2. The van der Waals surface area contributed by atoms with Crippen LogP contribution in [0.1, 0.15) is 11.5 Å². The Kier molecular flexibility index (Phi) is 3.94. The number of amides is 1. The summed E-state index contributed by atoms with van der Waals surface area (Å²) in [7, 11) is 0. The van der Waals surface area contributed by atoms with Crippen LogP contribution in [0.25, 0.3) is 17.2 Å². The molecule has 3 aromatic rings. The van der Waals surface area contributed by atoms with Crippen LogP contribution in [-0.2, 0) is 4.79 Å².